The maximum absolute atomic E-state index is 10.8. The van der Waals surface area contributed by atoms with Crippen LogP contribution < -0.4 is 0 Å². The van der Waals surface area contributed by atoms with Crippen molar-refractivity contribution in [2.24, 2.45) is 17.3 Å². The lowest BCUT2D eigenvalue weighted by Gasteiger charge is -2.28. The minimum atomic E-state index is 0.310. The molecule has 1 nitrogen and oxygen atoms in total. The van der Waals surface area contributed by atoms with Crippen LogP contribution >= 0.6 is 0 Å². The van der Waals surface area contributed by atoms with Crippen LogP contribution in [0, 0.1) is 17.3 Å². The normalized spacial score (nSPS) is 28.4. The maximum atomic E-state index is 10.8. The molecule has 2 saturated carbocycles. The van der Waals surface area contributed by atoms with Crippen molar-refractivity contribution in [3.63, 3.8) is 0 Å². The van der Waals surface area contributed by atoms with Gasteiger partial charge in [0.05, 0.1) is 0 Å². The fourth-order valence-electron chi connectivity index (χ4n) is 3.12. The predicted molar refractivity (Wildman–Crippen MR) is 58.1 cm³/mol. The summed E-state index contributed by atoms with van der Waals surface area (Å²) in [5, 5.41) is 0. The zero-order valence-electron chi connectivity index (χ0n) is 9.30. The van der Waals surface area contributed by atoms with Crippen molar-refractivity contribution in [2.75, 3.05) is 0 Å². The molecule has 0 heterocycles. The van der Waals surface area contributed by atoms with Gasteiger partial charge in [-0.2, -0.15) is 0 Å². The van der Waals surface area contributed by atoms with Crippen molar-refractivity contribution >= 4 is 6.29 Å². The highest BCUT2D eigenvalue weighted by Gasteiger charge is 2.48. The number of carbonyl (C=O) groups is 1. The average molecular weight is 194 g/mol. The molecule has 0 saturated heterocycles. The molecule has 0 spiro atoms. The van der Waals surface area contributed by atoms with Gasteiger partial charge in [0.15, 0.2) is 0 Å². The van der Waals surface area contributed by atoms with E-state index in [2.05, 4.69) is 6.92 Å². The fourth-order valence-corrected chi connectivity index (χ4v) is 3.12. The first-order chi connectivity index (χ1) is 6.77. The Kier molecular flexibility index (Phi) is 2.94. The van der Waals surface area contributed by atoms with Gasteiger partial charge in [0, 0.05) is 5.92 Å². The zero-order valence-corrected chi connectivity index (χ0v) is 9.30. The highest BCUT2D eigenvalue weighted by molar-refractivity contribution is 5.55. The molecule has 0 radical (unpaired) electrons. The van der Waals surface area contributed by atoms with Crippen molar-refractivity contribution < 1.29 is 4.79 Å². The van der Waals surface area contributed by atoms with Crippen LogP contribution in [0.3, 0.4) is 0 Å². The first-order valence-electron chi connectivity index (χ1n) is 6.22. The quantitative estimate of drug-likeness (QED) is 0.625. The van der Waals surface area contributed by atoms with Crippen molar-refractivity contribution in [3.8, 4) is 0 Å². The molecular formula is C13H22O. The summed E-state index contributed by atoms with van der Waals surface area (Å²) in [5.41, 5.74) is 0.448. The summed E-state index contributed by atoms with van der Waals surface area (Å²) in [4.78, 5) is 10.8. The molecule has 0 aliphatic heterocycles. The molecule has 1 heteroatoms. The Labute approximate surface area is 87.3 Å². The van der Waals surface area contributed by atoms with E-state index in [0.717, 1.165) is 5.92 Å². The van der Waals surface area contributed by atoms with Gasteiger partial charge >= 0.3 is 0 Å². The lowest BCUT2D eigenvalue weighted by atomic mass is 9.77. The van der Waals surface area contributed by atoms with E-state index in [1.807, 2.05) is 0 Å². The predicted octanol–water partition coefficient (Wildman–Crippen LogP) is 3.57. The standard InChI is InChI=1S/C13H22O/c1-11(10-14)13(7-8-13)9-12-5-3-2-4-6-12/h10-12H,2-9H2,1H3. The Morgan fingerprint density at radius 3 is 2.43 bits per heavy atom. The van der Waals surface area contributed by atoms with Gasteiger partial charge in [-0.1, -0.05) is 39.0 Å². The Morgan fingerprint density at radius 2 is 1.93 bits per heavy atom. The second-order valence-electron chi connectivity index (χ2n) is 5.50. The van der Waals surface area contributed by atoms with E-state index in [4.69, 9.17) is 0 Å². The number of aldehydes is 1. The van der Waals surface area contributed by atoms with Crippen LogP contribution in [-0.2, 0) is 4.79 Å². The van der Waals surface area contributed by atoms with Crippen LogP contribution in [0.2, 0.25) is 0 Å². The lowest BCUT2D eigenvalue weighted by molar-refractivity contribution is -0.112. The Bertz CT molecular complexity index is 199. The average Bonchev–Trinajstić information content (AvgIpc) is 2.99. The molecule has 2 aliphatic carbocycles. The second kappa shape index (κ2) is 4.04. The molecule has 0 aromatic rings. The third kappa shape index (κ3) is 2.02. The third-order valence-electron chi connectivity index (χ3n) is 4.48. The van der Waals surface area contributed by atoms with Crippen molar-refractivity contribution in [2.45, 2.75) is 58.3 Å². The summed E-state index contributed by atoms with van der Waals surface area (Å²) >= 11 is 0. The molecule has 2 aliphatic rings. The molecule has 0 N–H and O–H groups in total. The van der Waals surface area contributed by atoms with Crippen molar-refractivity contribution in [1.82, 2.24) is 0 Å². The van der Waals surface area contributed by atoms with E-state index >= 15 is 0 Å². The van der Waals surface area contributed by atoms with E-state index in [-0.39, 0.29) is 0 Å². The van der Waals surface area contributed by atoms with Crippen LogP contribution in [0.1, 0.15) is 58.3 Å². The molecule has 0 aromatic carbocycles. The number of hydrogen-bond acceptors (Lipinski definition) is 1. The zero-order chi connectivity index (χ0) is 10.0. The minimum Gasteiger partial charge on any atom is -0.303 e. The molecule has 0 bridgehead atoms. The van der Waals surface area contributed by atoms with E-state index in [0.29, 0.717) is 11.3 Å². The Balaban J connectivity index is 1.86. The monoisotopic (exact) mass is 194 g/mol. The molecular weight excluding hydrogens is 172 g/mol. The Hall–Kier alpha value is -0.330. The molecule has 80 valence electrons. The van der Waals surface area contributed by atoms with Gasteiger partial charge in [-0.05, 0) is 30.6 Å². The molecule has 1 atom stereocenters. The Morgan fingerprint density at radius 1 is 1.29 bits per heavy atom. The summed E-state index contributed by atoms with van der Waals surface area (Å²) in [6, 6.07) is 0. The fraction of sp³-hybridized carbons (Fsp3) is 0.923. The summed E-state index contributed by atoms with van der Waals surface area (Å²) in [7, 11) is 0. The number of carbonyl (C=O) groups excluding carboxylic acids is 1. The number of hydrogen-bond donors (Lipinski definition) is 0. The first-order valence-corrected chi connectivity index (χ1v) is 6.22. The largest absolute Gasteiger partial charge is 0.303 e. The van der Waals surface area contributed by atoms with E-state index < -0.39 is 0 Å². The summed E-state index contributed by atoms with van der Waals surface area (Å²) in [6.45, 7) is 2.11. The van der Waals surface area contributed by atoms with Gasteiger partial charge in [0.1, 0.15) is 6.29 Å². The van der Waals surface area contributed by atoms with Gasteiger partial charge in [0.25, 0.3) is 0 Å². The lowest BCUT2D eigenvalue weighted by Crippen LogP contribution is -2.20. The third-order valence-corrected chi connectivity index (χ3v) is 4.48. The second-order valence-corrected chi connectivity index (χ2v) is 5.50. The molecule has 1 unspecified atom stereocenters. The van der Waals surface area contributed by atoms with E-state index in [1.165, 1.54) is 57.7 Å². The van der Waals surface area contributed by atoms with Crippen LogP contribution in [0.25, 0.3) is 0 Å². The summed E-state index contributed by atoms with van der Waals surface area (Å²) in [5.74, 6) is 1.25. The molecule has 2 fully saturated rings. The summed E-state index contributed by atoms with van der Waals surface area (Å²) in [6.07, 6.45) is 12.3. The van der Waals surface area contributed by atoms with Gasteiger partial charge < -0.3 is 4.79 Å². The highest BCUT2D eigenvalue weighted by Crippen LogP contribution is 2.57. The van der Waals surface area contributed by atoms with E-state index in [9.17, 15) is 4.79 Å². The van der Waals surface area contributed by atoms with Crippen LogP contribution in [-0.4, -0.2) is 6.29 Å². The first kappa shape index (κ1) is 10.2. The molecule has 14 heavy (non-hydrogen) atoms. The van der Waals surface area contributed by atoms with Gasteiger partial charge in [-0.15, -0.1) is 0 Å². The topological polar surface area (TPSA) is 17.1 Å². The van der Waals surface area contributed by atoms with Gasteiger partial charge in [-0.25, -0.2) is 0 Å². The highest BCUT2D eigenvalue weighted by atomic mass is 16.1. The van der Waals surface area contributed by atoms with Crippen molar-refractivity contribution in [1.29, 1.82) is 0 Å². The van der Waals surface area contributed by atoms with Crippen LogP contribution in [0.5, 0.6) is 0 Å². The minimum absolute atomic E-state index is 0.310. The smallest absolute Gasteiger partial charge is 0.123 e. The maximum Gasteiger partial charge on any atom is 0.123 e. The molecule has 0 amide bonds. The van der Waals surface area contributed by atoms with Gasteiger partial charge in [-0.3, -0.25) is 0 Å². The SMILES string of the molecule is CC(C=O)C1(CC2CCCCC2)CC1. The van der Waals surface area contributed by atoms with Crippen LogP contribution in [0.15, 0.2) is 0 Å². The summed E-state index contributed by atoms with van der Waals surface area (Å²) < 4.78 is 0. The van der Waals surface area contributed by atoms with E-state index in [1.54, 1.807) is 0 Å². The van der Waals surface area contributed by atoms with Crippen molar-refractivity contribution in [3.05, 3.63) is 0 Å². The molecule has 2 rings (SSSR count). The van der Waals surface area contributed by atoms with Gasteiger partial charge in [0.2, 0.25) is 0 Å². The molecule has 0 aromatic heterocycles. The number of rotatable bonds is 4. The van der Waals surface area contributed by atoms with Crippen LogP contribution in [0.4, 0.5) is 0 Å².